The molecule has 3 aliphatic rings. The van der Waals surface area contributed by atoms with Crippen molar-refractivity contribution in [2.75, 3.05) is 6.54 Å². The summed E-state index contributed by atoms with van der Waals surface area (Å²) in [6.45, 7) is 0.547. The van der Waals surface area contributed by atoms with Crippen LogP contribution in [0.4, 0.5) is 4.39 Å². The molecule has 3 aromatic rings. The Morgan fingerprint density at radius 3 is 2.61 bits per heavy atom. The summed E-state index contributed by atoms with van der Waals surface area (Å²) in [6.07, 6.45) is 2.70. The van der Waals surface area contributed by atoms with Crippen LogP contribution in [-0.4, -0.2) is 66.1 Å². The molecule has 38 heavy (non-hydrogen) atoms. The average Bonchev–Trinajstić information content (AvgIpc) is 3.48. The highest BCUT2D eigenvalue weighted by Crippen LogP contribution is 2.34. The molecule has 6 rings (SSSR count). The van der Waals surface area contributed by atoms with E-state index in [1.54, 1.807) is 23.1 Å². The van der Waals surface area contributed by atoms with Crippen molar-refractivity contribution in [2.24, 2.45) is 0 Å². The first-order valence-corrected chi connectivity index (χ1v) is 12.0. The van der Waals surface area contributed by atoms with Crippen LogP contribution in [0.2, 0.25) is 0 Å². The first-order valence-electron chi connectivity index (χ1n) is 12.0. The predicted molar refractivity (Wildman–Crippen MR) is 125 cm³/mol. The molecule has 13 heteroatoms. The molecule has 4 amide bonds. The lowest BCUT2D eigenvalue weighted by atomic mass is 10.0. The average molecular weight is 517 g/mol. The summed E-state index contributed by atoms with van der Waals surface area (Å²) in [4.78, 5) is 66.0. The van der Waals surface area contributed by atoms with Crippen LogP contribution in [0.25, 0.3) is 22.9 Å². The zero-order chi connectivity index (χ0) is 26.4. The fourth-order valence-corrected chi connectivity index (χ4v) is 4.87. The summed E-state index contributed by atoms with van der Waals surface area (Å²) >= 11 is 0. The van der Waals surface area contributed by atoms with Gasteiger partial charge in [0.05, 0.1) is 6.54 Å². The number of rotatable bonds is 5. The van der Waals surface area contributed by atoms with Gasteiger partial charge in [0, 0.05) is 30.3 Å². The Hall–Kier alpha value is -4.81. The number of carbonyl (C=O) groups excluding carboxylic acids is 4. The van der Waals surface area contributed by atoms with Gasteiger partial charge in [0.2, 0.25) is 23.5 Å². The molecule has 1 N–H and O–H groups in total. The van der Waals surface area contributed by atoms with Gasteiger partial charge in [-0.2, -0.15) is 4.98 Å². The Kier molecular flexibility index (Phi) is 5.74. The van der Waals surface area contributed by atoms with Gasteiger partial charge in [-0.25, -0.2) is 14.4 Å². The van der Waals surface area contributed by atoms with E-state index in [0.29, 0.717) is 42.0 Å². The molecule has 1 unspecified atom stereocenters. The van der Waals surface area contributed by atoms with E-state index in [4.69, 9.17) is 4.52 Å². The van der Waals surface area contributed by atoms with Gasteiger partial charge in [-0.3, -0.25) is 29.4 Å². The lowest BCUT2D eigenvalue weighted by Crippen LogP contribution is -2.55. The second-order valence-electron chi connectivity index (χ2n) is 9.08. The van der Waals surface area contributed by atoms with Gasteiger partial charge in [0.15, 0.2) is 5.82 Å². The number of amides is 4. The van der Waals surface area contributed by atoms with E-state index in [0.717, 1.165) is 4.90 Å². The van der Waals surface area contributed by atoms with E-state index in [9.17, 15) is 23.6 Å². The van der Waals surface area contributed by atoms with Gasteiger partial charge in [-0.05, 0) is 49.6 Å². The highest BCUT2D eigenvalue weighted by Gasteiger charge is 2.48. The molecular formula is C25H20FN7O5. The quantitative estimate of drug-likeness (QED) is 0.491. The maximum atomic E-state index is 13.3. The van der Waals surface area contributed by atoms with Crippen LogP contribution in [0.3, 0.4) is 0 Å². The van der Waals surface area contributed by atoms with Gasteiger partial charge >= 0.3 is 0 Å². The summed E-state index contributed by atoms with van der Waals surface area (Å²) in [5.41, 5.74) is 1.57. The number of nitrogens with one attached hydrogen (secondary N) is 1. The van der Waals surface area contributed by atoms with Gasteiger partial charge < -0.3 is 9.42 Å². The van der Waals surface area contributed by atoms with Gasteiger partial charge in [0.1, 0.15) is 23.3 Å². The molecule has 1 fully saturated rings. The van der Waals surface area contributed by atoms with E-state index in [1.807, 2.05) is 0 Å². The highest BCUT2D eigenvalue weighted by atomic mass is 19.1. The van der Waals surface area contributed by atoms with Crippen molar-refractivity contribution in [2.45, 2.75) is 38.3 Å². The topological polar surface area (TPSA) is 151 Å². The second kappa shape index (κ2) is 9.25. The molecule has 5 heterocycles. The molecule has 1 aromatic carbocycles. The van der Waals surface area contributed by atoms with Crippen molar-refractivity contribution in [3.05, 3.63) is 59.5 Å². The van der Waals surface area contributed by atoms with Crippen molar-refractivity contribution in [3.63, 3.8) is 0 Å². The van der Waals surface area contributed by atoms with Crippen LogP contribution in [0.5, 0.6) is 0 Å². The van der Waals surface area contributed by atoms with Gasteiger partial charge in [0.25, 0.3) is 11.8 Å². The zero-order valence-electron chi connectivity index (χ0n) is 19.9. The molecule has 0 saturated carbocycles. The van der Waals surface area contributed by atoms with Crippen molar-refractivity contribution < 1.29 is 28.1 Å². The maximum absolute atomic E-state index is 13.3. The SMILES string of the molecule is O=C1CCC(N2C(=O)C3=C(C2=O)N(Cc2nc(-c4ccnc(-c5ccc(F)cc5)n4)no2)CCC3)C(=O)N1. The molecule has 0 bridgehead atoms. The second-order valence-corrected chi connectivity index (χ2v) is 9.08. The number of nitrogens with zero attached hydrogens (tertiary/aromatic N) is 6. The largest absolute Gasteiger partial charge is 0.357 e. The first kappa shape index (κ1) is 23.6. The molecule has 12 nitrogen and oxygen atoms in total. The van der Waals surface area contributed by atoms with Crippen molar-refractivity contribution in [1.29, 1.82) is 0 Å². The molecule has 192 valence electrons. The first-order chi connectivity index (χ1) is 18.4. The maximum Gasteiger partial charge on any atom is 0.278 e. The normalized spacial score (nSPS) is 19.8. The highest BCUT2D eigenvalue weighted by molar-refractivity contribution is 6.21. The number of piperidine rings is 1. The molecule has 0 spiro atoms. The molecule has 2 aromatic heterocycles. The zero-order valence-corrected chi connectivity index (χ0v) is 19.9. The van der Waals surface area contributed by atoms with Crippen molar-refractivity contribution in [1.82, 2.24) is 35.2 Å². The third-order valence-corrected chi connectivity index (χ3v) is 6.66. The lowest BCUT2D eigenvalue weighted by molar-refractivity contribution is -0.150. The summed E-state index contributed by atoms with van der Waals surface area (Å²) in [5, 5.41) is 6.20. The number of aromatic nitrogens is 4. The molecular weight excluding hydrogens is 497 g/mol. The van der Waals surface area contributed by atoms with Crippen molar-refractivity contribution >= 4 is 23.6 Å². The van der Waals surface area contributed by atoms with Gasteiger partial charge in [-0.15, -0.1) is 0 Å². The van der Waals surface area contributed by atoms with E-state index in [-0.39, 0.29) is 42.6 Å². The third-order valence-electron chi connectivity index (χ3n) is 6.66. The number of benzene rings is 1. The molecule has 1 atom stereocenters. The van der Waals surface area contributed by atoms with Crippen LogP contribution in [0, 0.1) is 5.82 Å². The number of carbonyl (C=O) groups is 4. The standard InChI is InChI=1S/C25H20FN7O5/c26-14-5-3-13(4-6-14)21-27-10-9-16(28-21)22-30-19(38-31-22)12-32-11-1-2-15-20(32)25(37)33(24(15)36)17-7-8-18(34)29-23(17)35/h3-6,9-10,17H,1-2,7-8,11-12H2,(H,29,34,35). The summed E-state index contributed by atoms with van der Waals surface area (Å²) < 4.78 is 18.7. The monoisotopic (exact) mass is 517 g/mol. The Morgan fingerprint density at radius 1 is 1.00 bits per heavy atom. The van der Waals surface area contributed by atoms with Gasteiger partial charge in [-0.1, -0.05) is 5.16 Å². The van der Waals surface area contributed by atoms with E-state index in [2.05, 4.69) is 25.4 Å². The Labute approximate surface area is 214 Å². The van der Waals surface area contributed by atoms with Crippen LogP contribution < -0.4 is 5.32 Å². The molecule has 1 saturated heterocycles. The summed E-state index contributed by atoms with van der Waals surface area (Å²) in [5.74, 6) is -1.75. The van der Waals surface area contributed by atoms with Crippen LogP contribution in [0.1, 0.15) is 31.6 Å². The Morgan fingerprint density at radius 2 is 1.82 bits per heavy atom. The fourth-order valence-electron chi connectivity index (χ4n) is 4.87. The minimum atomic E-state index is -1.02. The number of imide groups is 2. The third kappa shape index (κ3) is 4.11. The minimum absolute atomic E-state index is 0.0541. The molecule has 3 aliphatic heterocycles. The lowest BCUT2D eigenvalue weighted by Gasteiger charge is -2.29. The van der Waals surface area contributed by atoms with Crippen LogP contribution in [-0.2, 0) is 25.7 Å². The van der Waals surface area contributed by atoms with E-state index >= 15 is 0 Å². The van der Waals surface area contributed by atoms with Crippen LogP contribution >= 0.6 is 0 Å². The van der Waals surface area contributed by atoms with Crippen molar-refractivity contribution in [3.8, 4) is 22.9 Å². The summed E-state index contributed by atoms with van der Waals surface area (Å²) in [6, 6.07) is 6.35. The number of hydrogen-bond acceptors (Lipinski definition) is 10. The fraction of sp³-hybridized carbons (Fsp3) is 0.280. The van der Waals surface area contributed by atoms with Crippen LogP contribution in [0.15, 0.2) is 52.3 Å². The minimum Gasteiger partial charge on any atom is -0.357 e. The number of halogens is 1. The number of hydrogen-bond donors (Lipinski definition) is 1. The van der Waals surface area contributed by atoms with E-state index in [1.165, 1.54) is 18.3 Å². The Balaban J connectivity index is 1.22. The molecule has 0 aliphatic carbocycles. The summed E-state index contributed by atoms with van der Waals surface area (Å²) in [7, 11) is 0. The predicted octanol–water partition coefficient (Wildman–Crippen LogP) is 1.36. The molecule has 0 radical (unpaired) electrons. The van der Waals surface area contributed by atoms with E-state index < -0.39 is 29.7 Å². The Bertz CT molecular complexity index is 1520. The smallest absolute Gasteiger partial charge is 0.278 e.